The number of halogens is 1. The molecule has 1 aliphatic rings. The van der Waals surface area contributed by atoms with Crippen LogP contribution >= 0.6 is 11.6 Å². The summed E-state index contributed by atoms with van der Waals surface area (Å²) in [4.78, 5) is 99.1. The van der Waals surface area contributed by atoms with Gasteiger partial charge in [-0.3, -0.25) is 28.8 Å². The van der Waals surface area contributed by atoms with Crippen molar-refractivity contribution in [1.82, 2.24) is 31.1 Å². The number of hydrogen-bond acceptors (Lipinski definition) is 9. The molecule has 340 valence electrons. The first-order chi connectivity index (χ1) is 28.3. The number of carbonyl (C=O) groups excluding carboxylic acids is 7. The number of cyclic esters (lactones) is 1. The highest BCUT2D eigenvalue weighted by molar-refractivity contribution is 6.30. The summed E-state index contributed by atoms with van der Waals surface area (Å²) in [5.41, 5.74) is -0.0370. The standard InChI is InChI=1S/C45H69ClN6O9/c1-14-26(5)37-41(57)50-45(10,11)44(60)61-38(27(6)15-2)29(8)35(53)21-16-28(7)39(55)48-33(22-25(3)4)40(56)47-30(9)42(58)52(13)34(23-31-17-19-32(46)20-18-31)43(59)51(12)24-36(54)49-37/h15-20,25-26,29-30,33-35,37-38,53H,14,21-24H2,1-13H3,(H,47,56)(H,48,55)(H,49,54)(H,50,57)/b27-15+,28-16-/t26-,29+,30+,33-,34-,35+,37+,38-/m1/s1. The summed E-state index contributed by atoms with van der Waals surface area (Å²) in [5.74, 6) is -5.53. The Labute approximate surface area is 366 Å². The SMILES string of the molecule is C/C=C(\C)[C@H]1OC(=O)C(C)(C)NC(=O)[C@H]([C@H](C)CC)NC(=O)CN(C)C(=O)[C@@H](Cc2ccc(Cl)cc2)N(C)C(=O)[C@H](C)NC(=O)[C@@H](CC(C)C)NC(=O)/C(C)=C\C[C@H](O)[C@@H]1C. The highest BCUT2D eigenvalue weighted by Gasteiger charge is 2.40. The van der Waals surface area contributed by atoms with Crippen molar-refractivity contribution in [3.05, 3.63) is 58.1 Å². The van der Waals surface area contributed by atoms with Gasteiger partial charge in [0.25, 0.3) is 0 Å². The third-order valence-corrected chi connectivity index (χ3v) is 11.5. The van der Waals surface area contributed by atoms with Gasteiger partial charge in [-0.05, 0) is 89.5 Å². The van der Waals surface area contributed by atoms with Gasteiger partial charge in [-0.15, -0.1) is 0 Å². The molecule has 0 aromatic heterocycles. The molecule has 0 aliphatic carbocycles. The molecule has 8 atom stereocenters. The molecule has 5 N–H and O–H groups in total. The van der Waals surface area contributed by atoms with E-state index in [1.54, 1.807) is 65.0 Å². The first kappa shape index (κ1) is 52.4. The number of carbonyl (C=O) groups is 7. The van der Waals surface area contributed by atoms with Gasteiger partial charge in [0, 0.05) is 37.0 Å². The molecule has 1 aromatic rings. The molecule has 0 bridgehead atoms. The van der Waals surface area contributed by atoms with Gasteiger partial charge in [0.1, 0.15) is 35.8 Å². The Hall–Kier alpha value is -4.76. The van der Waals surface area contributed by atoms with E-state index in [0.29, 0.717) is 22.6 Å². The van der Waals surface area contributed by atoms with Gasteiger partial charge in [-0.2, -0.15) is 0 Å². The molecule has 1 heterocycles. The zero-order chi connectivity index (χ0) is 46.5. The number of ether oxygens (including phenoxy) is 1. The fraction of sp³-hybridized carbons (Fsp3) is 0.622. The van der Waals surface area contributed by atoms with Gasteiger partial charge in [-0.25, -0.2) is 4.79 Å². The lowest BCUT2D eigenvalue weighted by Crippen LogP contribution is -2.60. The van der Waals surface area contributed by atoms with E-state index in [4.69, 9.17) is 16.3 Å². The molecular weight excluding hydrogens is 804 g/mol. The summed E-state index contributed by atoms with van der Waals surface area (Å²) in [5, 5.41) is 22.7. The van der Waals surface area contributed by atoms with Gasteiger partial charge in [0.2, 0.25) is 35.4 Å². The van der Waals surface area contributed by atoms with E-state index in [1.165, 1.54) is 45.8 Å². The number of aliphatic hydroxyl groups excluding tert-OH is 1. The van der Waals surface area contributed by atoms with Gasteiger partial charge in [0.15, 0.2) is 0 Å². The normalized spacial score (nSPS) is 27.9. The number of allylic oxidation sites excluding steroid dienone is 1. The summed E-state index contributed by atoms with van der Waals surface area (Å²) in [6, 6.07) is 2.32. The predicted molar refractivity (Wildman–Crippen MR) is 235 cm³/mol. The Morgan fingerprint density at radius 3 is 2.13 bits per heavy atom. The van der Waals surface area contributed by atoms with E-state index < -0.39 is 102 Å². The zero-order valence-corrected chi connectivity index (χ0v) is 38.9. The van der Waals surface area contributed by atoms with Crippen LogP contribution in [0.15, 0.2) is 47.6 Å². The summed E-state index contributed by atoms with van der Waals surface area (Å²) in [7, 11) is 2.84. The van der Waals surface area contributed by atoms with Crippen LogP contribution in [0.1, 0.15) is 101 Å². The van der Waals surface area contributed by atoms with E-state index >= 15 is 0 Å². The van der Waals surface area contributed by atoms with E-state index in [9.17, 15) is 38.7 Å². The van der Waals surface area contributed by atoms with Crippen LogP contribution in [-0.4, -0.2) is 119 Å². The monoisotopic (exact) mass is 872 g/mol. The number of likely N-dealkylation sites (N-methyl/N-ethyl adjacent to an activating group) is 2. The van der Waals surface area contributed by atoms with E-state index in [1.807, 2.05) is 20.8 Å². The average Bonchev–Trinajstić information content (AvgIpc) is 3.20. The fourth-order valence-corrected chi connectivity index (χ4v) is 6.92. The Kier molecular flexibility index (Phi) is 20.1. The quantitative estimate of drug-likeness (QED) is 0.199. The summed E-state index contributed by atoms with van der Waals surface area (Å²) >= 11 is 6.12. The van der Waals surface area contributed by atoms with Crippen molar-refractivity contribution in [1.29, 1.82) is 0 Å². The smallest absolute Gasteiger partial charge is 0.331 e. The van der Waals surface area contributed by atoms with Crippen LogP contribution in [-0.2, 0) is 44.7 Å². The minimum Gasteiger partial charge on any atom is -0.456 e. The van der Waals surface area contributed by atoms with Gasteiger partial charge in [0.05, 0.1) is 12.6 Å². The Morgan fingerprint density at radius 1 is 0.967 bits per heavy atom. The molecule has 1 aromatic carbocycles. The predicted octanol–water partition coefficient (Wildman–Crippen LogP) is 3.85. The molecule has 1 aliphatic heterocycles. The first-order valence-corrected chi connectivity index (χ1v) is 21.4. The number of aliphatic hydroxyl groups is 1. The van der Waals surface area contributed by atoms with Crippen molar-refractivity contribution in [2.24, 2.45) is 17.8 Å². The molecule has 6 amide bonds. The van der Waals surface area contributed by atoms with Crippen molar-refractivity contribution in [2.45, 2.75) is 144 Å². The summed E-state index contributed by atoms with van der Waals surface area (Å²) in [6.07, 6.45) is 2.07. The van der Waals surface area contributed by atoms with Crippen LogP contribution in [0.5, 0.6) is 0 Å². The van der Waals surface area contributed by atoms with Crippen molar-refractivity contribution >= 4 is 53.0 Å². The van der Waals surface area contributed by atoms with Crippen LogP contribution in [0, 0.1) is 17.8 Å². The lowest BCUT2D eigenvalue weighted by atomic mass is 9.90. The van der Waals surface area contributed by atoms with Crippen LogP contribution < -0.4 is 21.3 Å². The second-order valence-electron chi connectivity index (χ2n) is 17.3. The number of amides is 6. The zero-order valence-electron chi connectivity index (χ0n) is 38.2. The van der Waals surface area contributed by atoms with Crippen LogP contribution in [0.3, 0.4) is 0 Å². The number of nitrogens with one attached hydrogen (secondary N) is 4. The molecule has 0 fully saturated rings. The molecular formula is C45H69ClN6O9. The van der Waals surface area contributed by atoms with E-state index in [-0.39, 0.29) is 30.8 Å². The van der Waals surface area contributed by atoms with Crippen LogP contribution in [0.4, 0.5) is 0 Å². The van der Waals surface area contributed by atoms with Crippen LogP contribution in [0.25, 0.3) is 0 Å². The minimum atomic E-state index is -1.58. The van der Waals surface area contributed by atoms with Crippen molar-refractivity contribution in [2.75, 3.05) is 20.6 Å². The molecule has 2 rings (SSSR count). The highest BCUT2D eigenvalue weighted by atomic mass is 35.5. The average molecular weight is 874 g/mol. The molecule has 0 unspecified atom stereocenters. The largest absolute Gasteiger partial charge is 0.456 e. The Morgan fingerprint density at radius 2 is 1.57 bits per heavy atom. The highest BCUT2D eigenvalue weighted by Crippen LogP contribution is 2.25. The molecule has 0 radical (unpaired) electrons. The maximum atomic E-state index is 14.2. The number of benzene rings is 1. The van der Waals surface area contributed by atoms with Gasteiger partial charge in [-0.1, -0.05) is 76.9 Å². The summed E-state index contributed by atoms with van der Waals surface area (Å²) < 4.78 is 5.98. The van der Waals surface area contributed by atoms with Crippen molar-refractivity contribution < 1.29 is 43.4 Å². The molecule has 0 spiro atoms. The number of rotatable bonds is 7. The second kappa shape index (κ2) is 23.5. The van der Waals surface area contributed by atoms with Gasteiger partial charge >= 0.3 is 5.97 Å². The lowest BCUT2D eigenvalue weighted by molar-refractivity contribution is -0.159. The number of nitrogens with zero attached hydrogens (tertiary/aromatic N) is 2. The third kappa shape index (κ3) is 15.3. The fourth-order valence-electron chi connectivity index (χ4n) is 6.80. The maximum Gasteiger partial charge on any atom is 0.331 e. The first-order valence-electron chi connectivity index (χ1n) is 21.0. The van der Waals surface area contributed by atoms with Crippen molar-refractivity contribution in [3.8, 4) is 0 Å². The molecule has 0 saturated heterocycles. The molecule has 16 heteroatoms. The molecule has 0 saturated carbocycles. The summed E-state index contributed by atoms with van der Waals surface area (Å²) in [6.45, 7) is 18.1. The van der Waals surface area contributed by atoms with Crippen molar-refractivity contribution in [3.63, 3.8) is 0 Å². The van der Waals surface area contributed by atoms with Crippen LogP contribution in [0.2, 0.25) is 5.02 Å². The Bertz CT molecular complexity index is 1800. The van der Waals surface area contributed by atoms with Gasteiger partial charge < -0.3 is 40.9 Å². The van der Waals surface area contributed by atoms with E-state index in [0.717, 1.165) is 4.90 Å². The molecule has 61 heavy (non-hydrogen) atoms. The third-order valence-electron chi connectivity index (χ3n) is 11.3. The maximum absolute atomic E-state index is 14.2. The second-order valence-corrected chi connectivity index (χ2v) is 17.8. The topological polar surface area (TPSA) is 204 Å². The molecule has 15 nitrogen and oxygen atoms in total. The van der Waals surface area contributed by atoms with E-state index in [2.05, 4.69) is 21.3 Å². The number of hydrogen-bond donors (Lipinski definition) is 5. The minimum absolute atomic E-state index is 0.00584. The lowest BCUT2D eigenvalue weighted by Gasteiger charge is -2.34. The Balaban J connectivity index is 2.67. The number of esters is 1.